The molecule has 0 unspecified atom stereocenters. The van der Waals surface area contributed by atoms with Crippen LogP contribution in [0.15, 0.2) is 47.8 Å². The summed E-state index contributed by atoms with van der Waals surface area (Å²) in [5.74, 6) is -0.974. The largest absolute Gasteiger partial charge is 0.387 e. The van der Waals surface area contributed by atoms with Gasteiger partial charge < -0.3 is 15.4 Å². The van der Waals surface area contributed by atoms with Gasteiger partial charge in [0.2, 0.25) is 0 Å². The second-order valence-corrected chi connectivity index (χ2v) is 7.76. The Balaban J connectivity index is 1.79. The van der Waals surface area contributed by atoms with Gasteiger partial charge in [-0.1, -0.05) is 0 Å². The number of rotatable bonds is 3. The summed E-state index contributed by atoms with van der Waals surface area (Å²) in [6.07, 6.45) is 2.96. The fourth-order valence-corrected chi connectivity index (χ4v) is 4.09. The lowest BCUT2D eigenvalue weighted by Crippen LogP contribution is -2.36. The number of halogens is 2. The number of imidazole rings is 1. The van der Waals surface area contributed by atoms with Crippen molar-refractivity contribution < 1.29 is 13.5 Å². The predicted molar refractivity (Wildman–Crippen MR) is 123 cm³/mol. The fourth-order valence-electron chi connectivity index (χ4n) is 4.09. The van der Waals surface area contributed by atoms with Crippen LogP contribution in [0.2, 0.25) is 0 Å². The number of ether oxygens (including phenoxy) is 1. The van der Waals surface area contributed by atoms with Crippen LogP contribution in [0, 0.1) is 17.0 Å². The lowest BCUT2D eigenvalue weighted by atomic mass is 10.1. The number of aliphatic imine (C=N–C) groups is 1. The molecule has 0 saturated carbocycles. The first-order valence-corrected chi connectivity index (χ1v) is 10.4. The van der Waals surface area contributed by atoms with Gasteiger partial charge in [-0.05, 0) is 37.3 Å². The molecule has 168 valence electrons. The highest BCUT2D eigenvalue weighted by Gasteiger charge is 2.20. The summed E-state index contributed by atoms with van der Waals surface area (Å²) < 4.78 is 36.3. The number of amidine groups is 2. The maximum absolute atomic E-state index is 14.8. The van der Waals surface area contributed by atoms with Crippen molar-refractivity contribution in [2.24, 2.45) is 10.7 Å². The Hall–Kier alpha value is -3.92. The summed E-state index contributed by atoms with van der Waals surface area (Å²) in [6.45, 7) is 4.15. The molecule has 0 aliphatic carbocycles. The molecule has 1 saturated heterocycles. The number of hydrogen-bond acceptors (Lipinski definition) is 5. The summed E-state index contributed by atoms with van der Waals surface area (Å²) in [5, 5.41) is 8.54. The minimum Gasteiger partial charge on any atom is -0.387 e. The molecule has 2 aromatic heterocycles. The van der Waals surface area contributed by atoms with E-state index in [0.717, 1.165) is 17.8 Å². The normalized spacial score (nSPS) is 14.9. The summed E-state index contributed by atoms with van der Waals surface area (Å²) in [6, 6.07) is 7.53. The van der Waals surface area contributed by atoms with E-state index in [2.05, 4.69) is 19.9 Å². The molecule has 0 amide bonds. The van der Waals surface area contributed by atoms with Gasteiger partial charge in [0.25, 0.3) is 0 Å². The number of anilines is 1. The number of pyridine rings is 1. The molecule has 3 N–H and O–H groups in total. The summed E-state index contributed by atoms with van der Waals surface area (Å²) >= 11 is 0. The Bertz CT molecular complexity index is 1420. The van der Waals surface area contributed by atoms with Crippen molar-refractivity contribution >= 4 is 39.3 Å². The molecule has 0 radical (unpaired) electrons. The van der Waals surface area contributed by atoms with Gasteiger partial charge in [0.05, 0.1) is 41.2 Å². The van der Waals surface area contributed by atoms with Crippen LogP contribution in [-0.4, -0.2) is 52.5 Å². The molecule has 1 aliphatic rings. The van der Waals surface area contributed by atoms with Crippen LogP contribution >= 0.6 is 0 Å². The molecule has 5 rings (SSSR count). The van der Waals surface area contributed by atoms with Gasteiger partial charge in [-0.3, -0.25) is 15.0 Å². The quantitative estimate of drug-likeness (QED) is 0.368. The van der Waals surface area contributed by atoms with Crippen molar-refractivity contribution in [2.75, 3.05) is 31.2 Å². The topological polar surface area (TPSA) is 105 Å². The number of morpholine rings is 1. The monoisotopic (exact) mass is 449 g/mol. The SMILES string of the molecule is CC(N)=NC(=N)c1cc(N2CCOCC2)cc2c1ncn2-c1ccnc2c(F)ccc(F)c12. The van der Waals surface area contributed by atoms with Crippen LogP contribution in [0.1, 0.15) is 12.5 Å². The molecular weight excluding hydrogens is 428 g/mol. The van der Waals surface area contributed by atoms with Crippen molar-refractivity contribution in [1.29, 1.82) is 5.41 Å². The first-order chi connectivity index (χ1) is 15.9. The van der Waals surface area contributed by atoms with Crippen molar-refractivity contribution in [2.45, 2.75) is 6.92 Å². The Morgan fingerprint density at radius 3 is 2.61 bits per heavy atom. The van der Waals surface area contributed by atoms with Gasteiger partial charge in [0.1, 0.15) is 23.5 Å². The maximum atomic E-state index is 14.8. The van der Waals surface area contributed by atoms with Gasteiger partial charge in [-0.2, -0.15) is 0 Å². The predicted octanol–water partition coefficient (Wildman–Crippen LogP) is 3.39. The first kappa shape index (κ1) is 21.0. The molecule has 10 heteroatoms. The zero-order valence-electron chi connectivity index (χ0n) is 17.8. The Morgan fingerprint density at radius 2 is 1.85 bits per heavy atom. The van der Waals surface area contributed by atoms with E-state index >= 15 is 0 Å². The van der Waals surface area contributed by atoms with Crippen LogP contribution in [-0.2, 0) is 4.74 Å². The molecule has 1 aliphatic heterocycles. The minimum absolute atomic E-state index is 0.0304. The molecule has 0 atom stereocenters. The van der Waals surface area contributed by atoms with Gasteiger partial charge in [-0.25, -0.2) is 18.8 Å². The van der Waals surface area contributed by atoms with Gasteiger partial charge >= 0.3 is 0 Å². The summed E-state index contributed by atoms with van der Waals surface area (Å²) in [4.78, 5) is 14.8. The second-order valence-electron chi connectivity index (χ2n) is 7.76. The van der Waals surface area contributed by atoms with Gasteiger partial charge in [0, 0.05) is 30.5 Å². The van der Waals surface area contributed by atoms with E-state index in [1.165, 1.54) is 12.5 Å². The molecule has 0 bridgehead atoms. The number of fused-ring (bicyclic) bond motifs is 2. The molecule has 2 aromatic carbocycles. The van der Waals surface area contributed by atoms with Crippen LogP contribution in [0.5, 0.6) is 0 Å². The van der Waals surface area contributed by atoms with Crippen molar-refractivity contribution in [3.63, 3.8) is 0 Å². The third-order valence-corrected chi connectivity index (χ3v) is 5.59. The third kappa shape index (κ3) is 3.68. The fraction of sp³-hybridized carbons (Fsp3) is 0.217. The zero-order valence-corrected chi connectivity index (χ0v) is 17.8. The van der Waals surface area contributed by atoms with E-state index in [1.54, 1.807) is 17.6 Å². The lowest BCUT2D eigenvalue weighted by Gasteiger charge is -2.29. The Morgan fingerprint density at radius 1 is 1.09 bits per heavy atom. The van der Waals surface area contributed by atoms with Crippen LogP contribution in [0.3, 0.4) is 0 Å². The number of hydrogen-bond donors (Lipinski definition) is 2. The highest BCUT2D eigenvalue weighted by atomic mass is 19.1. The number of nitrogens with one attached hydrogen (secondary N) is 1. The third-order valence-electron chi connectivity index (χ3n) is 5.59. The highest BCUT2D eigenvalue weighted by molar-refractivity contribution is 6.12. The molecule has 0 spiro atoms. The standard InChI is InChI=1S/C23H21F2N7O/c1-13(26)30-23(27)15-10-14(31-6-8-33-9-7-31)11-19-21(15)29-12-32(19)18-4-5-28-22-17(25)3-2-16(24)20(18)22/h2-5,10-12H,6-9H2,1H3,(H3,26,27,30). The molecule has 1 fully saturated rings. The smallest absolute Gasteiger partial charge is 0.156 e. The highest BCUT2D eigenvalue weighted by Crippen LogP contribution is 2.32. The molecule has 33 heavy (non-hydrogen) atoms. The van der Waals surface area contributed by atoms with Gasteiger partial charge in [0.15, 0.2) is 5.84 Å². The van der Waals surface area contributed by atoms with E-state index in [4.69, 9.17) is 15.9 Å². The van der Waals surface area contributed by atoms with Gasteiger partial charge in [-0.15, -0.1) is 0 Å². The second kappa shape index (κ2) is 8.21. The Kier molecular flexibility index (Phi) is 5.21. The van der Waals surface area contributed by atoms with Crippen molar-refractivity contribution in [1.82, 2.24) is 14.5 Å². The van der Waals surface area contributed by atoms with E-state index in [9.17, 15) is 8.78 Å². The maximum Gasteiger partial charge on any atom is 0.156 e. The molecular formula is C23H21F2N7O. The number of nitrogens with zero attached hydrogens (tertiary/aromatic N) is 5. The average molecular weight is 449 g/mol. The minimum atomic E-state index is -0.609. The number of aromatic nitrogens is 3. The Labute approximate surface area is 187 Å². The first-order valence-electron chi connectivity index (χ1n) is 10.4. The van der Waals surface area contributed by atoms with Crippen LogP contribution < -0.4 is 10.6 Å². The number of benzene rings is 2. The zero-order chi connectivity index (χ0) is 23.1. The molecule has 3 heterocycles. The van der Waals surface area contributed by atoms with Crippen LogP contribution in [0.4, 0.5) is 14.5 Å². The summed E-state index contributed by atoms with van der Waals surface area (Å²) in [7, 11) is 0. The molecule has 8 nitrogen and oxygen atoms in total. The lowest BCUT2D eigenvalue weighted by molar-refractivity contribution is 0.122. The summed E-state index contributed by atoms with van der Waals surface area (Å²) in [5.41, 5.74) is 8.52. The van der Waals surface area contributed by atoms with E-state index < -0.39 is 11.6 Å². The van der Waals surface area contributed by atoms with E-state index in [1.807, 2.05) is 12.1 Å². The van der Waals surface area contributed by atoms with E-state index in [0.29, 0.717) is 48.6 Å². The van der Waals surface area contributed by atoms with Crippen molar-refractivity contribution in [3.8, 4) is 5.69 Å². The number of nitrogens with two attached hydrogens (primary N) is 1. The van der Waals surface area contributed by atoms with Crippen LogP contribution in [0.25, 0.3) is 27.6 Å². The van der Waals surface area contributed by atoms with Crippen molar-refractivity contribution in [3.05, 3.63) is 60.1 Å². The van der Waals surface area contributed by atoms with E-state index in [-0.39, 0.29) is 22.6 Å². The average Bonchev–Trinajstić information content (AvgIpc) is 3.24. The molecule has 4 aromatic rings.